The highest BCUT2D eigenvalue weighted by Gasteiger charge is 2.15. The van der Waals surface area contributed by atoms with E-state index < -0.39 is 0 Å². The Morgan fingerprint density at radius 2 is 2.03 bits per heavy atom. The molecule has 0 bridgehead atoms. The molecule has 5 rings (SSSR count). The summed E-state index contributed by atoms with van der Waals surface area (Å²) in [6, 6.07) is 10.3. The smallest absolute Gasteiger partial charge is 0.160 e. The average molecular weight is 434 g/mol. The molecular formula is C20H25Cl2N7. The Morgan fingerprint density at radius 1 is 1.14 bits per heavy atom. The highest BCUT2D eigenvalue weighted by molar-refractivity contribution is 5.85. The quantitative estimate of drug-likeness (QED) is 0.504. The van der Waals surface area contributed by atoms with Crippen LogP contribution in [0.2, 0.25) is 0 Å². The van der Waals surface area contributed by atoms with Crippen molar-refractivity contribution in [3.63, 3.8) is 0 Å². The minimum Gasteiger partial charge on any atom is -0.342 e. The summed E-state index contributed by atoms with van der Waals surface area (Å²) in [7, 11) is 0. The van der Waals surface area contributed by atoms with Gasteiger partial charge in [0.05, 0.1) is 16.7 Å². The fourth-order valence-corrected chi connectivity index (χ4v) is 3.73. The Hall–Kier alpha value is -2.35. The first-order valence-electron chi connectivity index (χ1n) is 9.59. The minimum absolute atomic E-state index is 0. The van der Waals surface area contributed by atoms with E-state index in [1.807, 2.05) is 30.6 Å². The second-order valence-corrected chi connectivity index (χ2v) is 7.02. The second kappa shape index (κ2) is 9.43. The maximum Gasteiger partial charge on any atom is 0.160 e. The highest BCUT2D eigenvalue weighted by atomic mass is 35.5. The van der Waals surface area contributed by atoms with Crippen molar-refractivity contribution in [3.8, 4) is 11.5 Å². The Balaban J connectivity index is 0.00000120. The molecule has 0 atom stereocenters. The number of rotatable bonds is 5. The number of halogens is 2. The van der Waals surface area contributed by atoms with Crippen molar-refractivity contribution in [1.29, 1.82) is 0 Å². The van der Waals surface area contributed by atoms with Crippen molar-refractivity contribution >= 4 is 35.8 Å². The van der Waals surface area contributed by atoms with Crippen molar-refractivity contribution in [2.24, 2.45) is 0 Å². The van der Waals surface area contributed by atoms with Gasteiger partial charge in [-0.2, -0.15) is 5.10 Å². The lowest BCUT2D eigenvalue weighted by molar-refractivity contribution is 0.586. The Bertz CT molecular complexity index is 1010. The number of hydrogen-bond acceptors (Lipinski definition) is 4. The van der Waals surface area contributed by atoms with Crippen LogP contribution in [0.15, 0.2) is 42.7 Å². The molecule has 9 heteroatoms. The zero-order chi connectivity index (χ0) is 18.1. The van der Waals surface area contributed by atoms with Gasteiger partial charge in [0.15, 0.2) is 5.82 Å². The largest absolute Gasteiger partial charge is 0.342 e. The normalized spacial score (nSPS) is 13.4. The van der Waals surface area contributed by atoms with Crippen molar-refractivity contribution < 1.29 is 0 Å². The highest BCUT2D eigenvalue weighted by Crippen LogP contribution is 2.20. The van der Waals surface area contributed by atoms with Gasteiger partial charge in [0.25, 0.3) is 0 Å². The van der Waals surface area contributed by atoms with Gasteiger partial charge >= 0.3 is 0 Å². The molecule has 0 saturated heterocycles. The summed E-state index contributed by atoms with van der Waals surface area (Å²) >= 11 is 0. The van der Waals surface area contributed by atoms with Crippen molar-refractivity contribution in [1.82, 2.24) is 34.6 Å². The predicted octanol–water partition coefficient (Wildman–Crippen LogP) is 3.59. The standard InChI is InChI=1S/C20H23N7.2ClH/c1-2-6-17-16(5-1)23-19(24-17)7-3-10-26-12-9-22-20(26)18-13-15-14-21-8-4-11-27(15)25-18;;/h1-2,5-6,9,12-13,21H,3-4,7-8,10-11,14H2,(H,23,24);2*1H. The van der Waals surface area contributed by atoms with Crippen molar-refractivity contribution in [2.75, 3.05) is 6.54 Å². The van der Waals surface area contributed by atoms with Gasteiger partial charge in [0.1, 0.15) is 11.5 Å². The van der Waals surface area contributed by atoms with Gasteiger partial charge in [-0.25, -0.2) is 9.97 Å². The van der Waals surface area contributed by atoms with E-state index in [2.05, 4.69) is 41.7 Å². The molecule has 4 heterocycles. The number of imidazole rings is 2. The third kappa shape index (κ3) is 4.47. The summed E-state index contributed by atoms with van der Waals surface area (Å²) < 4.78 is 4.31. The first-order valence-corrected chi connectivity index (χ1v) is 9.59. The summed E-state index contributed by atoms with van der Waals surface area (Å²) in [5, 5.41) is 8.23. The number of aromatic amines is 1. The zero-order valence-electron chi connectivity index (χ0n) is 16.0. The van der Waals surface area contributed by atoms with Crippen molar-refractivity contribution in [3.05, 3.63) is 54.2 Å². The van der Waals surface area contributed by atoms with E-state index in [0.717, 1.165) is 73.8 Å². The molecule has 29 heavy (non-hydrogen) atoms. The first kappa shape index (κ1) is 21.4. The number of aryl methyl sites for hydroxylation is 3. The third-order valence-corrected chi connectivity index (χ3v) is 5.09. The van der Waals surface area contributed by atoms with Crippen molar-refractivity contribution in [2.45, 2.75) is 38.9 Å². The number of hydrogen-bond donors (Lipinski definition) is 2. The van der Waals surface area contributed by atoms with Crippen LogP contribution in [-0.4, -0.2) is 35.8 Å². The van der Waals surface area contributed by atoms with Gasteiger partial charge < -0.3 is 14.9 Å². The molecule has 3 aromatic heterocycles. The molecular weight excluding hydrogens is 409 g/mol. The minimum atomic E-state index is 0. The number of benzene rings is 1. The first-order chi connectivity index (χ1) is 13.4. The molecule has 1 aliphatic rings. The molecule has 1 aromatic carbocycles. The third-order valence-electron chi connectivity index (χ3n) is 5.09. The van der Waals surface area contributed by atoms with E-state index in [4.69, 9.17) is 5.10 Å². The van der Waals surface area contributed by atoms with Crippen LogP contribution < -0.4 is 5.32 Å². The molecule has 2 N–H and O–H groups in total. The molecule has 0 saturated carbocycles. The van der Waals surface area contributed by atoms with E-state index in [1.165, 1.54) is 5.69 Å². The summed E-state index contributed by atoms with van der Waals surface area (Å²) in [5.74, 6) is 1.98. The Morgan fingerprint density at radius 3 is 2.93 bits per heavy atom. The molecule has 0 amide bonds. The molecule has 0 unspecified atom stereocenters. The van der Waals surface area contributed by atoms with Crippen LogP contribution in [0, 0.1) is 0 Å². The monoisotopic (exact) mass is 433 g/mol. The van der Waals surface area contributed by atoms with E-state index in [1.54, 1.807) is 0 Å². The molecule has 154 valence electrons. The fourth-order valence-electron chi connectivity index (χ4n) is 3.73. The van der Waals surface area contributed by atoms with Crippen LogP contribution in [-0.2, 0) is 26.1 Å². The van der Waals surface area contributed by atoms with E-state index >= 15 is 0 Å². The van der Waals surface area contributed by atoms with E-state index in [9.17, 15) is 0 Å². The summed E-state index contributed by atoms with van der Waals surface area (Å²) in [6.45, 7) is 3.79. The van der Waals surface area contributed by atoms with Gasteiger partial charge in [-0.15, -0.1) is 24.8 Å². The molecule has 7 nitrogen and oxygen atoms in total. The van der Waals surface area contributed by atoms with Crippen LogP contribution in [0.4, 0.5) is 0 Å². The Labute approximate surface area is 181 Å². The van der Waals surface area contributed by atoms with Crippen LogP contribution in [0.5, 0.6) is 0 Å². The Kier molecular flexibility index (Phi) is 6.95. The van der Waals surface area contributed by atoms with Gasteiger partial charge in [-0.1, -0.05) is 12.1 Å². The lowest BCUT2D eigenvalue weighted by atomic mass is 10.3. The molecule has 0 aliphatic carbocycles. The van der Waals surface area contributed by atoms with Gasteiger partial charge in [-0.3, -0.25) is 4.68 Å². The van der Waals surface area contributed by atoms with E-state index in [0.29, 0.717) is 0 Å². The SMILES string of the molecule is Cl.Cl.c1ccc2[nH]c(CCCn3ccnc3-c3cc4n(n3)CCCNC4)nc2c1. The zero-order valence-corrected chi connectivity index (χ0v) is 17.7. The fraction of sp³-hybridized carbons (Fsp3) is 0.350. The number of fused-ring (bicyclic) bond motifs is 2. The number of H-pyrrole nitrogens is 1. The maximum atomic E-state index is 4.78. The second-order valence-electron chi connectivity index (χ2n) is 7.02. The maximum absolute atomic E-state index is 4.78. The predicted molar refractivity (Wildman–Crippen MR) is 119 cm³/mol. The topological polar surface area (TPSA) is 76.3 Å². The lowest BCUT2D eigenvalue weighted by Gasteiger charge is -2.05. The number of aromatic nitrogens is 6. The summed E-state index contributed by atoms with van der Waals surface area (Å²) in [5.41, 5.74) is 4.33. The van der Waals surface area contributed by atoms with Gasteiger partial charge in [0, 0.05) is 38.4 Å². The summed E-state index contributed by atoms with van der Waals surface area (Å²) in [4.78, 5) is 12.6. The molecule has 0 spiro atoms. The average Bonchev–Trinajstić information content (AvgIpc) is 3.37. The molecule has 0 fully saturated rings. The number of nitrogens with one attached hydrogen (secondary N) is 2. The molecule has 0 radical (unpaired) electrons. The summed E-state index contributed by atoms with van der Waals surface area (Å²) in [6.07, 6.45) is 6.92. The van der Waals surface area contributed by atoms with Crippen LogP contribution >= 0.6 is 24.8 Å². The van der Waals surface area contributed by atoms with Gasteiger partial charge in [-0.05, 0) is 37.6 Å². The number of para-hydroxylation sites is 2. The molecule has 4 aromatic rings. The van der Waals surface area contributed by atoms with Gasteiger partial charge in [0.2, 0.25) is 0 Å². The van der Waals surface area contributed by atoms with E-state index in [-0.39, 0.29) is 24.8 Å². The lowest BCUT2D eigenvalue weighted by Crippen LogP contribution is -2.11. The number of nitrogens with zero attached hydrogens (tertiary/aromatic N) is 5. The van der Waals surface area contributed by atoms with Crippen LogP contribution in [0.3, 0.4) is 0 Å². The van der Waals surface area contributed by atoms with Crippen LogP contribution in [0.1, 0.15) is 24.4 Å². The van der Waals surface area contributed by atoms with Crippen LogP contribution in [0.25, 0.3) is 22.6 Å². The molecule has 1 aliphatic heterocycles.